The van der Waals surface area contributed by atoms with Gasteiger partial charge in [0.1, 0.15) is 11.5 Å². The van der Waals surface area contributed by atoms with Crippen LogP contribution in [0.15, 0.2) is 30.4 Å². The fourth-order valence-corrected chi connectivity index (χ4v) is 1.96. The first-order valence-corrected chi connectivity index (χ1v) is 6.29. The number of aliphatic hydroxyl groups excluding tert-OH is 1. The third-order valence-corrected chi connectivity index (χ3v) is 2.80. The van der Waals surface area contributed by atoms with Crippen molar-refractivity contribution in [1.82, 2.24) is 4.90 Å². The molecule has 0 aliphatic carbocycles. The van der Waals surface area contributed by atoms with E-state index in [1.54, 1.807) is 14.2 Å². The van der Waals surface area contributed by atoms with Crippen LogP contribution in [0.3, 0.4) is 0 Å². The van der Waals surface area contributed by atoms with Gasteiger partial charge in [-0.3, -0.25) is 4.90 Å². The number of hydrogen-bond acceptors (Lipinski definition) is 4. The molecule has 0 aliphatic heterocycles. The van der Waals surface area contributed by atoms with Crippen LogP contribution in [0.1, 0.15) is 12.5 Å². The summed E-state index contributed by atoms with van der Waals surface area (Å²) in [5.41, 5.74) is 2.14. The Bertz CT molecular complexity index is 418. The van der Waals surface area contributed by atoms with Crippen molar-refractivity contribution in [3.63, 3.8) is 0 Å². The van der Waals surface area contributed by atoms with Crippen LogP contribution in [-0.2, 0) is 6.54 Å². The maximum atomic E-state index is 9.11. The summed E-state index contributed by atoms with van der Waals surface area (Å²) in [5, 5.41) is 9.11. The SMILES string of the molecule is C=C(C)CN(CCO)Cc1ccc(OC)cc1OC. The molecule has 19 heavy (non-hydrogen) atoms. The molecule has 0 aliphatic rings. The summed E-state index contributed by atoms with van der Waals surface area (Å²) in [6.07, 6.45) is 0. The molecule has 1 rings (SSSR count). The van der Waals surface area contributed by atoms with Crippen LogP contribution >= 0.6 is 0 Å². The summed E-state index contributed by atoms with van der Waals surface area (Å²) in [4.78, 5) is 2.13. The number of rotatable bonds is 8. The average Bonchev–Trinajstić information content (AvgIpc) is 2.38. The predicted molar refractivity (Wildman–Crippen MR) is 76.7 cm³/mol. The van der Waals surface area contributed by atoms with Crippen LogP contribution in [0.4, 0.5) is 0 Å². The Morgan fingerprint density at radius 3 is 2.58 bits per heavy atom. The van der Waals surface area contributed by atoms with Gasteiger partial charge in [-0.1, -0.05) is 18.2 Å². The van der Waals surface area contributed by atoms with Crippen molar-refractivity contribution in [2.24, 2.45) is 0 Å². The minimum atomic E-state index is 0.131. The van der Waals surface area contributed by atoms with E-state index < -0.39 is 0 Å². The van der Waals surface area contributed by atoms with Gasteiger partial charge in [-0.15, -0.1) is 0 Å². The molecule has 0 atom stereocenters. The van der Waals surface area contributed by atoms with E-state index in [-0.39, 0.29) is 6.61 Å². The lowest BCUT2D eigenvalue weighted by Crippen LogP contribution is -2.28. The molecule has 0 aromatic heterocycles. The van der Waals surface area contributed by atoms with Crippen LogP contribution in [0, 0.1) is 0 Å². The monoisotopic (exact) mass is 265 g/mol. The summed E-state index contributed by atoms with van der Waals surface area (Å²) in [5.74, 6) is 1.57. The maximum absolute atomic E-state index is 9.11. The highest BCUT2D eigenvalue weighted by Crippen LogP contribution is 2.25. The topological polar surface area (TPSA) is 41.9 Å². The predicted octanol–water partition coefficient (Wildman–Crippen LogP) is 2.07. The molecule has 4 heteroatoms. The fraction of sp³-hybridized carbons (Fsp3) is 0.467. The summed E-state index contributed by atoms with van der Waals surface area (Å²) < 4.78 is 10.6. The van der Waals surface area contributed by atoms with Crippen molar-refractivity contribution in [3.05, 3.63) is 35.9 Å². The van der Waals surface area contributed by atoms with Crippen molar-refractivity contribution in [1.29, 1.82) is 0 Å². The van der Waals surface area contributed by atoms with Gasteiger partial charge < -0.3 is 14.6 Å². The molecule has 0 amide bonds. The number of nitrogens with zero attached hydrogens (tertiary/aromatic N) is 1. The smallest absolute Gasteiger partial charge is 0.127 e. The molecule has 0 radical (unpaired) electrons. The lowest BCUT2D eigenvalue weighted by atomic mass is 10.1. The molecule has 0 saturated heterocycles. The second-order valence-electron chi connectivity index (χ2n) is 4.57. The Kier molecular flexibility index (Phi) is 6.39. The molecule has 1 N–H and O–H groups in total. The van der Waals surface area contributed by atoms with Crippen LogP contribution < -0.4 is 9.47 Å². The fourth-order valence-electron chi connectivity index (χ4n) is 1.96. The van der Waals surface area contributed by atoms with Gasteiger partial charge >= 0.3 is 0 Å². The highest BCUT2D eigenvalue weighted by Gasteiger charge is 2.10. The number of methoxy groups -OCH3 is 2. The number of hydrogen-bond donors (Lipinski definition) is 1. The normalized spacial score (nSPS) is 10.6. The van der Waals surface area contributed by atoms with Crippen LogP contribution in [0.2, 0.25) is 0 Å². The molecular formula is C15H23NO3. The molecule has 0 unspecified atom stereocenters. The number of ether oxygens (including phenoxy) is 2. The van der Waals surface area contributed by atoms with Gasteiger partial charge in [0.25, 0.3) is 0 Å². The van der Waals surface area contributed by atoms with E-state index in [0.29, 0.717) is 13.1 Å². The first-order chi connectivity index (χ1) is 9.10. The van der Waals surface area contributed by atoms with E-state index >= 15 is 0 Å². The summed E-state index contributed by atoms with van der Waals surface area (Å²) in [6, 6.07) is 5.77. The average molecular weight is 265 g/mol. The van der Waals surface area contributed by atoms with Gasteiger partial charge in [-0.25, -0.2) is 0 Å². The molecule has 106 valence electrons. The van der Waals surface area contributed by atoms with Gasteiger partial charge in [0.2, 0.25) is 0 Å². The molecule has 0 fully saturated rings. The van der Waals surface area contributed by atoms with E-state index in [4.69, 9.17) is 14.6 Å². The standard InChI is InChI=1S/C15H23NO3/c1-12(2)10-16(7-8-17)11-13-5-6-14(18-3)9-15(13)19-4/h5-6,9,17H,1,7-8,10-11H2,2-4H3. The molecule has 0 bridgehead atoms. The highest BCUT2D eigenvalue weighted by molar-refractivity contribution is 5.40. The van der Waals surface area contributed by atoms with Crippen molar-refractivity contribution in [2.45, 2.75) is 13.5 Å². The lowest BCUT2D eigenvalue weighted by molar-refractivity contribution is 0.199. The van der Waals surface area contributed by atoms with Crippen molar-refractivity contribution in [2.75, 3.05) is 33.9 Å². The third-order valence-electron chi connectivity index (χ3n) is 2.80. The van der Waals surface area contributed by atoms with Gasteiger partial charge in [-0.05, 0) is 13.0 Å². The number of benzene rings is 1. The zero-order valence-electron chi connectivity index (χ0n) is 12.0. The maximum Gasteiger partial charge on any atom is 0.127 e. The van der Waals surface area contributed by atoms with E-state index in [9.17, 15) is 0 Å². The second-order valence-corrected chi connectivity index (χ2v) is 4.57. The van der Waals surface area contributed by atoms with Crippen LogP contribution in [-0.4, -0.2) is 43.9 Å². The lowest BCUT2D eigenvalue weighted by Gasteiger charge is -2.22. The minimum absolute atomic E-state index is 0.131. The Balaban J connectivity index is 2.85. The molecule has 1 aromatic rings. The van der Waals surface area contributed by atoms with Crippen molar-refractivity contribution in [3.8, 4) is 11.5 Å². The largest absolute Gasteiger partial charge is 0.497 e. The Labute approximate surface area is 115 Å². The first kappa shape index (κ1) is 15.5. The van der Waals surface area contributed by atoms with Crippen molar-refractivity contribution < 1.29 is 14.6 Å². The van der Waals surface area contributed by atoms with E-state index in [2.05, 4.69) is 11.5 Å². The summed E-state index contributed by atoms with van der Waals surface area (Å²) in [7, 11) is 3.28. The van der Waals surface area contributed by atoms with Crippen LogP contribution in [0.25, 0.3) is 0 Å². The quantitative estimate of drug-likeness (QED) is 0.731. The second kappa shape index (κ2) is 7.81. The van der Waals surface area contributed by atoms with Gasteiger partial charge in [0, 0.05) is 31.3 Å². The van der Waals surface area contributed by atoms with Gasteiger partial charge in [0.15, 0.2) is 0 Å². The van der Waals surface area contributed by atoms with E-state index in [1.165, 1.54) is 0 Å². The van der Waals surface area contributed by atoms with Crippen LogP contribution in [0.5, 0.6) is 11.5 Å². The number of aliphatic hydroxyl groups is 1. The third kappa shape index (κ3) is 4.93. The zero-order chi connectivity index (χ0) is 14.3. The Morgan fingerprint density at radius 1 is 1.32 bits per heavy atom. The molecule has 0 heterocycles. The Morgan fingerprint density at radius 2 is 2.05 bits per heavy atom. The highest BCUT2D eigenvalue weighted by atomic mass is 16.5. The molecular weight excluding hydrogens is 242 g/mol. The molecule has 1 aromatic carbocycles. The zero-order valence-corrected chi connectivity index (χ0v) is 12.0. The minimum Gasteiger partial charge on any atom is -0.497 e. The summed E-state index contributed by atoms with van der Waals surface area (Å²) in [6.45, 7) is 8.11. The van der Waals surface area contributed by atoms with Crippen molar-refractivity contribution >= 4 is 0 Å². The Hall–Kier alpha value is -1.52. The summed E-state index contributed by atoms with van der Waals surface area (Å²) >= 11 is 0. The van der Waals surface area contributed by atoms with E-state index in [1.807, 2.05) is 25.1 Å². The van der Waals surface area contributed by atoms with E-state index in [0.717, 1.165) is 29.2 Å². The van der Waals surface area contributed by atoms with Gasteiger partial charge in [0.05, 0.1) is 20.8 Å². The first-order valence-electron chi connectivity index (χ1n) is 6.29. The molecule has 4 nitrogen and oxygen atoms in total. The molecule has 0 saturated carbocycles. The molecule has 0 spiro atoms. The van der Waals surface area contributed by atoms with Gasteiger partial charge in [-0.2, -0.15) is 0 Å².